The Bertz CT molecular complexity index is 396. The highest BCUT2D eigenvalue weighted by Crippen LogP contribution is 2.47. The monoisotopic (exact) mass is 354 g/mol. The summed E-state index contributed by atoms with van der Waals surface area (Å²) in [4.78, 5) is 0. The summed E-state index contributed by atoms with van der Waals surface area (Å²) in [6.45, 7) is 6.38. The minimum Gasteiger partial charge on any atom is -0.305 e. The summed E-state index contributed by atoms with van der Waals surface area (Å²) in [5.74, 6) is 0. The molecule has 0 N–H and O–H groups in total. The summed E-state index contributed by atoms with van der Waals surface area (Å²) in [6, 6.07) is 5.71. The molecule has 5 heteroatoms. The quantitative estimate of drug-likeness (QED) is 0.600. The minimum atomic E-state index is -3.14. The Hall–Kier alpha value is 0.100. The highest BCUT2D eigenvalue weighted by Gasteiger charge is 2.28. The predicted octanol–water partition coefficient (Wildman–Crippen LogP) is 3.49. The zero-order chi connectivity index (χ0) is 12.2. The van der Waals surface area contributed by atoms with Gasteiger partial charge >= 0.3 is 7.60 Å². The number of benzene rings is 1. The molecule has 1 aromatic rings. The lowest BCUT2D eigenvalue weighted by Crippen LogP contribution is -2.14. The lowest BCUT2D eigenvalue weighted by molar-refractivity contribution is 0.230. The molecule has 16 heavy (non-hydrogen) atoms. The molecule has 0 unspecified atom stereocenters. The molecular formula is C11H16IO3P. The van der Waals surface area contributed by atoms with E-state index < -0.39 is 7.60 Å². The van der Waals surface area contributed by atoms with Gasteiger partial charge in [0.25, 0.3) is 0 Å². The molecule has 0 aliphatic carbocycles. The first-order valence-electron chi connectivity index (χ1n) is 5.19. The van der Waals surface area contributed by atoms with Crippen LogP contribution in [0.5, 0.6) is 0 Å². The van der Waals surface area contributed by atoms with Crippen LogP contribution >= 0.6 is 30.2 Å². The Labute approximate surface area is 110 Å². The van der Waals surface area contributed by atoms with E-state index in [1.807, 2.05) is 39.0 Å². The lowest BCUT2D eigenvalue weighted by Gasteiger charge is -2.18. The van der Waals surface area contributed by atoms with Gasteiger partial charge < -0.3 is 9.05 Å². The van der Waals surface area contributed by atoms with Gasteiger partial charge in [-0.15, -0.1) is 0 Å². The molecule has 0 fully saturated rings. The van der Waals surface area contributed by atoms with Crippen LogP contribution in [-0.2, 0) is 13.6 Å². The Kier molecular flexibility index (Phi) is 5.44. The Morgan fingerprint density at radius 2 is 1.81 bits per heavy atom. The first-order chi connectivity index (χ1) is 7.53. The standard InChI is InChI=1S/C11H16IO3P/c1-4-14-16(13,15-5-2)11-7-6-9(3)8-10(11)12/h6-8H,4-5H2,1-3H3. The maximum Gasteiger partial charge on any atom is 0.362 e. The third-order valence-corrected chi connectivity index (χ3v) is 5.49. The summed E-state index contributed by atoms with van der Waals surface area (Å²) in [6.07, 6.45) is 0. The Morgan fingerprint density at radius 3 is 2.25 bits per heavy atom. The van der Waals surface area contributed by atoms with Crippen LogP contribution in [-0.4, -0.2) is 13.2 Å². The van der Waals surface area contributed by atoms with Crippen molar-refractivity contribution in [3.05, 3.63) is 27.3 Å². The van der Waals surface area contributed by atoms with E-state index in [2.05, 4.69) is 22.6 Å². The van der Waals surface area contributed by atoms with Gasteiger partial charge in [-0.3, -0.25) is 4.57 Å². The van der Waals surface area contributed by atoms with Crippen molar-refractivity contribution in [1.82, 2.24) is 0 Å². The van der Waals surface area contributed by atoms with Crippen molar-refractivity contribution in [2.75, 3.05) is 13.2 Å². The summed E-state index contributed by atoms with van der Waals surface area (Å²) in [7, 11) is -3.14. The lowest BCUT2D eigenvalue weighted by atomic mass is 10.2. The number of halogens is 1. The summed E-state index contributed by atoms with van der Waals surface area (Å²) in [5.41, 5.74) is 1.13. The van der Waals surface area contributed by atoms with E-state index in [-0.39, 0.29) is 0 Å². The molecule has 0 spiro atoms. The number of hydrogen-bond acceptors (Lipinski definition) is 3. The first kappa shape index (κ1) is 14.2. The molecule has 0 saturated carbocycles. The van der Waals surface area contributed by atoms with Crippen LogP contribution in [0.2, 0.25) is 0 Å². The first-order valence-corrected chi connectivity index (χ1v) is 7.81. The van der Waals surface area contributed by atoms with Crippen LogP contribution in [0.25, 0.3) is 0 Å². The van der Waals surface area contributed by atoms with Crippen LogP contribution in [0.1, 0.15) is 19.4 Å². The van der Waals surface area contributed by atoms with Gasteiger partial charge in [-0.1, -0.05) is 11.6 Å². The molecular weight excluding hydrogens is 338 g/mol. The minimum absolute atomic E-state index is 0.376. The van der Waals surface area contributed by atoms with E-state index >= 15 is 0 Å². The fourth-order valence-corrected chi connectivity index (χ4v) is 4.52. The molecule has 3 nitrogen and oxygen atoms in total. The van der Waals surface area contributed by atoms with Crippen LogP contribution in [0.3, 0.4) is 0 Å². The van der Waals surface area contributed by atoms with Gasteiger partial charge in [0.1, 0.15) is 0 Å². The molecule has 90 valence electrons. The van der Waals surface area contributed by atoms with Gasteiger partial charge in [0.05, 0.1) is 18.5 Å². The zero-order valence-corrected chi connectivity index (χ0v) is 12.7. The van der Waals surface area contributed by atoms with Crippen LogP contribution in [0, 0.1) is 10.5 Å². The normalized spacial score (nSPS) is 11.8. The van der Waals surface area contributed by atoms with Gasteiger partial charge in [-0.2, -0.15) is 0 Å². The number of rotatable bonds is 5. The third kappa shape index (κ3) is 3.29. The van der Waals surface area contributed by atoms with Crippen molar-refractivity contribution in [1.29, 1.82) is 0 Å². The second-order valence-corrected chi connectivity index (χ2v) is 6.44. The highest BCUT2D eigenvalue weighted by atomic mass is 127. The van der Waals surface area contributed by atoms with Gasteiger partial charge in [0.15, 0.2) is 0 Å². The SMILES string of the molecule is CCOP(=O)(OCC)c1ccc(C)cc1I. The van der Waals surface area contributed by atoms with Crippen LogP contribution in [0.4, 0.5) is 0 Å². The molecule has 0 aromatic heterocycles. The molecule has 0 radical (unpaired) electrons. The van der Waals surface area contributed by atoms with E-state index in [0.29, 0.717) is 18.5 Å². The van der Waals surface area contributed by atoms with Gasteiger partial charge in [-0.25, -0.2) is 0 Å². The average Bonchev–Trinajstić information content (AvgIpc) is 2.17. The summed E-state index contributed by atoms with van der Waals surface area (Å²) in [5, 5.41) is 0.655. The number of hydrogen-bond donors (Lipinski definition) is 0. The van der Waals surface area contributed by atoms with E-state index in [4.69, 9.17) is 9.05 Å². The zero-order valence-electron chi connectivity index (χ0n) is 9.70. The predicted molar refractivity (Wildman–Crippen MR) is 74.4 cm³/mol. The summed E-state index contributed by atoms with van der Waals surface area (Å²) < 4.78 is 24.0. The highest BCUT2D eigenvalue weighted by molar-refractivity contribution is 14.1. The molecule has 0 aliphatic heterocycles. The maximum absolute atomic E-state index is 12.5. The fraction of sp³-hybridized carbons (Fsp3) is 0.455. The molecule has 0 heterocycles. The molecule has 0 saturated heterocycles. The summed E-state index contributed by atoms with van der Waals surface area (Å²) >= 11 is 2.16. The van der Waals surface area contributed by atoms with Crippen LogP contribution < -0.4 is 5.30 Å². The Morgan fingerprint density at radius 1 is 1.25 bits per heavy atom. The smallest absolute Gasteiger partial charge is 0.305 e. The van der Waals surface area contributed by atoms with Gasteiger partial charge in [0, 0.05) is 3.57 Å². The molecule has 0 atom stereocenters. The molecule has 0 aliphatic rings. The molecule has 0 bridgehead atoms. The van der Waals surface area contributed by atoms with Crippen LogP contribution in [0.15, 0.2) is 18.2 Å². The second kappa shape index (κ2) is 6.15. The van der Waals surface area contributed by atoms with E-state index in [1.54, 1.807) is 0 Å². The van der Waals surface area contributed by atoms with E-state index in [0.717, 1.165) is 9.13 Å². The third-order valence-electron chi connectivity index (χ3n) is 2.00. The molecule has 0 amide bonds. The van der Waals surface area contributed by atoms with Crippen molar-refractivity contribution >= 4 is 35.5 Å². The van der Waals surface area contributed by atoms with Crippen molar-refractivity contribution in [2.24, 2.45) is 0 Å². The Balaban J connectivity index is 3.15. The number of aryl methyl sites for hydroxylation is 1. The second-order valence-electron chi connectivity index (χ2n) is 3.29. The van der Waals surface area contributed by atoms with E-state index in [1.165, 1.54) is 0 Å². The topological polar surface area (TPSA) is 35.5 Å². The van der Waals surface area contributed by atoms with Crippen molar-refractivity contribution in [3.8, 4) is 0 Å². The van der Waals surface area contributed by atoms with Gasteiger partial charge in [0.2, 0.25) is 0 Å². The van der Waals surface area contributed by atoms with E-state index in [9.17, 15) is 4.57 Å². The molecule has 1 rings (SSSR count). The largest absolute Gasteiger partial charge is 0.362 e. The maximum atomic E-state index is 12.5. The fourth-order valence-electron chi connectivity index (χ4n) is 1.35. The van der Waals surface area contributed by atoms with Crippen molar-refractivity contribution in [3.63, 3.8) is 0 Å². The molecule has 1 aromatic carbocycles. The average molecular weight is 354 g/mol. The van der Waals surface area contributed by atoms with Gasteiger partial charge in [-0.05, 0) is 55.5 Å². The van der Waals surface area contributed by atoms with Crippen molar-refractivity contribution < 1.29 is 13.6 Å². The van der Waals surface area contributed by atoms with Crippen molar-refractivity contribution in [2.45, 2.75) is 20.8 Å².